The van der Waals surface area contributed by atoms with Gasteiger partial charge in [-0.15, -0.1) is 0 Å². The van der Waals surface area contributed by atoms with Crippen LogP contribution in [-0.2, 0) is 0 Å². The van der Waals surface area contributed by atoms with Crippen molar-refractivity contribution in [3.63, 3.8) is 0 Å². The number of nitrogens with zero attached hydrogens (tertiary/aromatic N) is 1. The molecule has 0 radical (unpaired) electrons. The van der Waals surface area contributed by atoms with Gasteiger partial charge in [-0.2, -0.15) is 0 Å². The Hall–Kier alpha value is -1.02. The minimum Gasteiger partial charge on any atom is -0.338 e. The number of hydrogen-bond donors (Lipinski definition) is 0. The Balaban J connectivity index is 1.78. The largest absolute Gasteiger partial charge is 0.338 e. The minimum atomic E-state index is 0.102. The molecule has 0 bridgehead atoms. The Morgan fingerprint density at radius 1 is 1.18 bits per heavy atom. The molecule has 0 spiro atoms. The van der Waals surface area contributed by atoms with E-state index in [2.05, 4.69) is 0 Å². The van der Waals surface area contributed by atoms with Crippen molar-refractivity contribution in [1.29, 1.82) is 0 Å². The van der Waals surface area contributed by atoms with E-state index in [1.165, 1.54) is 19.3 Å². The van der Waals surface area contributed by atoms with Gasteiger partial charge in [0.25, 0.3) is 5.91 Å². The minimum absolute atomic E-state index is 0.102. The van der Waals surface area contributed by atoms with Gasteiger partial charge >= 0.3 is 0 Å². The molecule has 3 heteroatoms. The van der Waals surface area contributed by atoms with E-state index in [0.717, 1.165) is 24.9 Å². The smallest absolute Gasteiger partial charge is 0.255 e. The summed E-state index contributed by atoms with van der Waals surface area (Å²) in [6, 6.07) is 7.33. The molecule has 2 aliphatic rings. The van der Waals surface area contributed by atoms with Crippen molar-refractivity contribution < 1.29 is 4.79 Å². The van der Waals surface area contributed by atoms with Crippen molar-refractivity contribution in [1.82, 2.24) is 4.90 Å². The summed E-state index contributed by atoms with van der Waals surface area (Å²) >= 11 is 6.07. The van der Waals surface area contributed by atoms with E-state index in [1.54, 1.807) is 6.07 Å². The zero-order valence-electron chi connectivity index (χ0n) is 9.73. The van der Waals surface area contributed by atoms with E-state index in [1.807, 2.05) is 23.1 Å². The molecular formula is C14H16ClNO. The summed E-state index contributed by atoms with van der Waals surface area (Å²) in [5.41, 5.74) is 0.647. The van der Waals surface area contributed by atoms with E-state index in [9.17, 15) is 4.79 Å². The number of fused-ring (bicyclic) bond motifs is 1. The molecule has 1 amide bonds. The average Bonchev–Trinajstić information content (AvgIpc) is 2.88. The van der Waals surface area contributed by atoms with Gasteiger partial charge in [0.2, 0.25) is 0 Å². The Labute approximate surface area is 107 Å². The van der Waals surface area contributed by atoms with Gasteiger partial charge in [-0.3, -0.25) is 4.79 Å². The Morgan fingerprint density at radius 2 is 1.82 bits per heavy atom. The van der Waals surface area contributed by atoms with E-state index >= 15 is 0 Å². The van der Waals surface area contributed by atoms with Crippen molar-refractivity contribution in [2.45, 2.75) is 19.3 Å². The lowest BCUT2D eigenvalue weighted by atomic mass is 10.0. The van der Waals surface area contributed by atoms with Gasteiger partial charge in [-0.1, -0.05) is 30.2 Å². The van der Waals surface area contributed by atoms with E-state index in [4.69, 9.17) is 11.6 Å². The molecule has 2 fully saturated rings. The van der Waals surface area contributed by atoms with Gasteiger partial charge in [0, 0.05) is 13.1 Å². The molecule has 0 aromatic heterocycles. The third kappa shape index (κ3) is 1.95. The van der Waals surface area contributed by atoms with Gasteiger partial charge in [-0.05, 0) is 36.8 Å². The molecule has 0 N–H and O–H groups in total. The summed E-state index contributed by atoms with van der Waals surface area (Å²) < 4.78 is 0. The van der Waals surface area contributed by atoms with Gasteiger partial charge in [-0.25, -0.2) is 0 Å². The standard InChI is InChI=1S/C14H16ClNO/c15-13-7-2-1-6-12(13)14(17)16-8-10-4-3-5-11(10)9-16/h1-2,6-7,10-11H,3-5,8-9H2. The van der Waals surface area contributed by atoms with Crippen LogP contribution in [-0.4, -0.2) is 23.9 Å². The predicted molar refractivity (Wildman–Crippen MR) is 68.2 cm³/mol. The van der Waals surface area contributed by atoms with Crippen LogP contribution in [0.5, 0.6) is 0 Å². The number of hydrogen-bond acceptors (Lipinski definition) is 1. The molecule has 2 nitrogen and oxygen atoms in total. The number of carbonyl (C=O) groups excluding carboxylic acids is 1. The number of amides is 1. The molecule has 1 aromatic rings. The molecule has 1 saturated heterocycles. The second-order valence-corrected chi connectivity index (χ2v) is 5.55. The highest BCUT2D eigenvalue weighted by molar-refractivity contribution is 6.33. The lowest BCUT2D eigenvalue weighted by Gasteiger charge is -2.17. The first-order valence-electron chi connectivity index (χ1n) is 6.29. The molecule has 2 atom stereocenters. The Kier molecular flexibility index (Phi) is 2.83. The predicted octanol–water partition coefficient (Wildman–Crippen LogP) is 3.21. The zero-order valence-corrected chi connectivity index (χ0v) is 10.5. The summed E-state index contributed by atoms with van der Waals surface area (Å²) in [5.74, 6) is 1.58. The fourth-order valence-corrected chi connectivity index (χ4v) is 3.42. The summed E-state index contributed by atoms with van der Waals surface area (Å²) in [5, 5.41) is 0.564. The van der Waals surface area contributed by atoms with Crippen LogP contribution >= 0.6 is 11.6 Å². The number of rotatable bonds is 1. The number of likely N-dealkylation sites (tertiary alicyclic amines) is 1. The SMILES string of the molecule is O=C(c1ccccc1Cl)N1CC2CCCC2C1. The van der Waals surface area contributed by atoms with Crippen LogP contribution in [0.1, 0.15) is 29.6 Å². The van der Waals surface area contributed by atoms with Crippen molar-refractivity contribution in [3.8, 4) is 0 Å². The number of halogens is 1. The zero-order chi connectivity index (χ0) is 11.8. The van der Waals surface area contributed by atoms with E-state index in [0.29, 0.717) is 10.6 Å². The van der Waals surface area contributed by atoms with E-state index < -0.39 is 0 Å². The first-order valence-corrected chi connectivity index (χ1v) is 6.67. The fourth-order valence-electron chi connectivity index (χ4n) is 3.21. The maximum absolute atomic E-state index is 12.3. The van der Waals surface area contributed by atoms with Gasteiger partial charge < -0.3 is 4.90 Å². The van der Waals surface area contributed by atoms with Crippen LogP contribution in [0.25, 0.3) is 0 Å². The van der Waals surface area contributed by atoms with Crippen LogP contribution in [0.4, 0.5) is 0 Å². The molecule has 1 aliphatic heterocycles. The van der Waals surface area contributed by atoms with Crippen molar-refractivity contribution in [2.24, 2.45) is 11.8 Å². The first kappa shape index (κ1) is 11.1. The molecule has 3 rings (SSSR count). The van der Waals surface area contributed by atoms with Gasteiger partial charge in [0.1, 0.15) is 0 Å². The monoisotopic (exact) mass is 249 g/mol. The summed E-state index contributed by atoms with van der Waals surface area (Å²) in [6.45, 7) is 1.85. The van der Waals surface area contributed by atoms with Crippen LogP contribution in [0.3, 0.4) is 0 Å². The topological polar surface area (TPSA) is 20.3 Å². The van der Waals surface area contributed by atoms with Crippen LogP contribution in [0.15, 0.2) is 24.3 Å². The highest BCUT2D eigenvalue weighted by atomic mass is 35.5. The summed E-state index contributed by atoms with van der Waals surface area (Å²) in [7, 11) is 0. The molecule has 17 heavy (non-hydrogen) atoms. The third-order valence-corrected chi connectivity index (χ3v) is 4.45. The normalized spacial score (nSPS) is 27.2. The maximum Gasteiger partial charge on any atom is 0.255 e. The average molecular weight is 250 g/mol. The van der Waals surface area contributed by atoms with Crippen molar-refractivity contribution in [3.05, 3.63) is 34.9 Å². The van der Waals surface area contributed by atoms with Crippen LogP contribution in [0, 0.1) is 11.8 Å². The highest BCUT2D eigenvalue weighted by Crippen LogP contribution is 2.38. The molecule has 90 valence electrons. The summed E-state index contributed by atoms with van der Waals surface area (Å²) in [6.07, 6.45) is 3.91. The molecule has 1 saturated carbocycles. The Morgan fingerprint density at radius 3 is 2.47 bits per heavy atom. The fraction of sp³-hybridized carbons (Fsp3) is 0.500. The molecule has 2 unspecified atom stereocenters. The van der Waals surface area contributed by atoms with Crippen LogP contribution in [0.2, 0.25) is 5.02 Å². The lowest BCUT2D eigenvalue weighted by molar-refractivity contribution is 0.0781. The Bertz CT molecular complexity index is 434. The number of carbonyl (C=O) groups is 1. The maximum atomic E-state index is 12.3. The summed E-state index contributed by atoms with van der Waals surface area (Å²) in [4.78, 5) is 14.3. The van der Waals surface area contributed by atoms with Gasteiger partial charge in [0.15, 0.2) is 0 Å². The second-order valence-electron chi connectivity index (χ2n) is 5.14. The van der Waals surface area contributed by atoms with Gasteiger partial charge in [0.05, 0.1) is 10.6 Å². The van der Waals surface area contributed by atoms with E-state index in [-0.39, 0.29) is 5.91 Å². The lowest BCUT2D eigenvalue weighted by Crippen LogP contribution is -2.29. The molecule has 1 aliphatic carbocycles. The highest BCUT2D eigenvalue weighted by Gasteiger charge is 2.38. The van der Waals surface area contributed by atoms with Crippen LogP contribution < -0.4 is 0 Å². The quantitative estimate of drug-likeness (QED) is 0.749. The van der Waals surface area contributed by atoms with Crippen molar-refractivity contribution in [2.75, 3.05) is 13.1 Å². The third-order valence-electron chi connectivity index (χ3n) is 4.12. The number of benzene rings is 1. The molecule has 1 aromatic carbocycles. The molecule has 1 heterocycles. The first-order chi connectivity index (χ1) is 8.25. The van der Waals surface area contributed by atoms with Crippen molar-refractivity contribution >= 4 is 17.5 Å². The second kappa shape index (κ2) is 4.34. The molecular weight excluding hydrogens is 234 g/mol.